The molecule has 0 unspecified atom stereocenters. The summed E-state index contributed by atoms with van der Waals surface area (Å²) in [6.07, 6.45) is 1.73. The first-order valence-electron chi connectivity index (χ1n) is 13.6. The van der Waals surface area contributed by atoms with E-state index in [4.69, 9.17) is 11.1 Å². The molecule has 20 heteroatoms. The van der Waals surface area contributed by atoms with Crippen LogP contribution >= 0.6 is 15.9 Å². The average Bonchev–Trinajstić information content (AvgIpc) is 3.73. The van der Waals surface area contributed by atoms with Crippen LogP contribution in [0.2, 0.25) is 0 Å². The topological polar surface area (TPSA) is 254 Å². The zero-order valence-electron chi connectivity index (χ0n) is 25.6. The highest BCUT2D eigenvalue weighted by Gasteiger charge is 2.21. The highest BCUT2D eigenvalue weighted by Crippen LogP contribution is 2.19. The molecule has 246 valence electrons. The second kappa shape index (κ2) is 13.9. The zero-order chi connectivity index (χ0) is 34.6. The van der Waals surface area contributed by atoms with Gasteiger partial charge in [0.15, 0.2) is 17.5 Å². The van der Waals surface area contributed by atoms with Gasteiger partial charge in [-0.3, -0.25) is 43.4 Å². The smallest absolute Gasteiger partial charge is 0.275 e. The first-order chi connectivity index (χ1) is 22.1. The molecule has 0 saturated heterocycles. The van der Waals surface area contributed by atoms with Crippen LogP contribution in [0.15, 0.2) is 41.5 Å². The Morgan fingerprint density at radius 3 is 1.68 bits per heavy atom. The van der Waals surface area contributed by atoms with Crippen molar-refractivity contribution in [2.45, 2.75) is 6.42 Å². The van der Waals surface area contributed by atoms with Crippen molar-refractivity contribution >= 4 is 74.4 Å². The number of halogens is 1. The van der Waals surface area contributed by atoms with Gasteiger partial charge >= 0.3 is 0 Å². The zero-order valence-corrected chi connectivity index (χ0v) is 27.2. The number of hydrogen-bond donors (Lipinski definition) is 7. The fourth-order valence-electron chi connectivity index (χ4n) is 4.22. The lowest BCUT2D eigenvalue weighted by atomic mass is 10.3. The minimum atomic E-state index is -0.587. The summed E-state index contributed by atoms with van der Waals surface area (Å²) < 4.78 is 5.43. The number of nitrogens with zero attached hydrogens (tertiary/aromatic N) is 7. The molecule has 4 aromatic rings. The van der Waals surface area contributed by atoms with Crippen LogP contribution in [0.25, 0.3) is 0 Å². The molecular weight excluding hydrogens is 680 g/mol. The molecule has 4 heterocycles. The molecule has 0 aliphatic carbocycles. The number of nitrogens with one attached hydrogen (secondary N) is 6. The number of carbonyl (C=O) groups is 5. The van der Waals surface area contributed by atoms with Crippen LogP contribution < -0.4 is 32.3 Å². The number of hydrogen-bond acceptors (Lipinski definition) is 9. The number of rotatable bonds is 12. The van der Waals surface area contributed by atoms with Gasteiger partial charge in [-0.25, -0.2) is 0 Å². The lowest BCUT2D eigenvalue weighted by Crippen LogP contribution is -2.29. The summed E-state index contributed by atoms with van der Waals surface area (Å²) in [7, 11) is 6.19. The standard InChI is InChI=1S/C27H31BrN14O5/c1-13(28)23(43)33-20-11-18(42(5)36-20)27(47)35-22-10-17(41(4)38-22)26(46)32-14-8-15(39(2)12-14)25(45)34-21-9-16(40(3)37-21)24(44)31-7-6-19(29)30/h8-12H,1,6-7H2,2-5H3,(H3,29,30)(H,31,44)(H,32,46)(H,33,36,43)(H,34,37,45)(H,35,38,47). The fraction of sp³-hybridized carbons (Fsp3) is 0.222. The summed E-state index contributed by atoms with van der Waals surface area (Å²) in [6, 6.07) is 5.59. The van der Waals surface area contributed by atoms with E-state index in [2.05, 4.69) is 64.4 Å². The summed E-state index contributed by atoms with van der Waals surface area (Å²) >= 11 is 2.97. The molecule has 4 aromatic heterocycles. The summed E-state index contributed by atoms with van der Waals surface area (Å²) in [5, 5.41) is 32.7. The molecular formula is C27H31BrN14O5. The number of carbonyl (C=O) groups excluding carboxylic acids is 5. The molecule has 0 fully saturated rings. The fourth-order valence-corrected chi connectivity index (χ4v) is 4.32. The van der Waals surface area contributed by atoms with Crippen molar-refractivity contribution in [2.24, 2.45) is 33.9 Å². The van der Waals surface area contributed by atoms with Crippen LogP contribution in [0.5, 0.6) is 0 Å². The van der Waals surface area contributed by atoms with Gasteiger partial charge < -0.3 is 36.9 Å². The molecule has 47 heavy (non-hydrogen) atoms. The van der Waals surface area contributed by atoms with E-state index in [0.29, 0.717) is 5.69 Å². The molecule has 4 rings (SSSR count). The average molecular weight is 712 g/mol. The van der Waals surface area contributed by atoms with E-state index < -0.39 is 29.5 Å². The van der Waals surface area contributed by atoms with Crippen LogP contribution in [-0.4, -0.2) is 75.8 Å². The Kier molecular flexibility index (Phi) is 10.0. The van der Waals surface area contributed by atoms with E-state index >= 15 is 0 Å². The molecule has 5 amide bonds. The molecule has 0 atom stereocenters. The summed E-state index contributed by atoms with van der Waals surface area (Å²) in [5.74, 6) is -2.38. The third kappa shape index (κ3) is 8.16. The Balaban J connectivity index is 1.38. The summed E-state index contributed by atoms with van der Waals surface area (Å²) in [5.41, 5.74) is 6.19. The number of aryl methyl sites for hydroxylation is 4. The highest BCUT2D eigenvalue weighted by molar-refractivity contribution is 9.12. The van der Waals surface area contributed by atoms with E-state index in [1.54, 1.807) is 14.1 Å². The lowest BCUT2D eigenvalue weighted by molar-refractivity contribution is -0.112. The Morgan fingerprint density at radius 1 is 0.745 bits per heavy atom. The molecule has 0 radical (unpaired) electrons. The molecule has 0 aliphatic rings. The van der Waals surface area contributed by atoms with Crippen molar-refractivity contribution in [3.63, 3.8) is 0 Å². The van der Waals surface area contributed by atoms with Crippen molar-refractivity contribution in [3.05, 3.63) is 64.3 Å². The molecule has 0 bridgehead atoms. The van der Waals surface area contributed by atoms with Crippen LogP contribution in [0.1, 0.15) is 48.4 Å². The summed E-state index contributed by atoms with van der Waals surface area (Å²) in [6.45, 7) is 3.65. The van der Waals surface area contributed by atoms with Gasteiger partial charge in [0, 0.05) is 65.6 Å². The number of aromatic nitrogens is 7. The van der Waals surface area contributed by atoms with E-state index in [9.17, 15) is 24.0 Å². The maximum Gasteiger partial charge on any atom is 0.275 e. The minimum absolute atomic E-state index is 0.0568. The Labute approximate surface area is 275 Å². The van der Waals surface area contributed by atoms with Gasteiger partial charge in [0.1, 0.15) is 22.8 Å². The minimum Gasteiger partial charge on any atom is -0.388 e. The molecule has 19 nitrogen and oxygen atoms in total. The molecule has 8 N–H and O–H groups in total. The molecule has 0 saturated carbocycles. The highest BCUT2D eigenvalue weighted by atomic mass is 79.9. The van der Waals surface area contributed by atoms with Gasteiger partial charge in [-0.15, -0.1) is 0 Å². The SMILES string of the molecule is C=C(Br)C(=O)Nc1cc(C(=O)Nc2cc(C(=O)Nc3cc(C(=O)Nc4cc(C(=O)NCCC(=N)N)n(C)n4)n(C)c3)n(C)n2)n(C)n1. The predicted octanol–water partition coefficient (Wildman–Crippen LogP) is 0.885. The van der Waals surface area contributed by atoms with E-state index in [-0.39, 0.29) is 63.5 Å². The Morgan fingerprint density at radius 2 is 1.19 bits per heavy atom. The molecule has 0 aliphatic heterocycles. The van der Waals surface area contributed by atoms with Crippen molar-refractivity contribution in [2.75, 3.05) is 27.8 Å². The normalized spacial score (nSPS) is 10.7. The first-order valence-corrected chi connectivity index (χ1v) is 14.4. The van der Waals surface area contributed by atoms with Gasteiger partial charge in [0.25, 0.3) is 29.5 Å². The van der Waals surface area contributed by atoms with E-state index in [1.165, 1.54) is 63.2 Å². The van der Waals surface area contributed by atoms with Gasteiger partial charge in [-0.2, -0.15) is 15.3 Å². The van der Waals surface area contributed by atoms with Gasteiger partial charge in [0.2, 0.25) is 0 Å². The first kappa shape index (κ1) is 33.8. The quantitative estimate of drug-likeness (QED) is 0.0625. The van der Waals surface area contributed by atoms with Gasteiger partial charge in [0.05, 0.1) is 16.0 Å². The molecule has 0 spiro atoms. The van der Waals surface area contributed by atoms with Crippen molar-refractivity contribution < 1.29 is 24.0 Å². The maximum atomic E-state index is 13.1. The summed E-state index contributed by atoms with van der Waals surface area (Å²) in [4.78, 5) is 63.2. The van der Waals surface area contributed by atoms with Crippen LogP contribution in [-0.2, 0) is 33.0 Å². The molecule has 0 aromatic carbocycles. The predicted molar refractivity (Wildman–Crippen MR) is 174 cm³/mol. The number of nitrogens with two attached hydrogens (primary N) is 1. The lowest BCUT2D eigenvalue weighted by Gasteiger charge is -2.03. The second-order valence-electron chi connectivity index (χ2n) is 10.1. The second-order valence-corrected chi connectivity index (χ2v) is 11.0. The monoisotopic (exact) mass is 710 g/mol. The van der Waals surface area contributed by atoms with Crippen molar-refractivity contribution in [3.8, 4) is 0 Å². The van der Waals surface area contributed by atoms with Crippen LogP contribution in [0, 0.1) is 5.41 Å². The number of amides is 5. The Hall–Kier alpha value is -6.05. The number of anilines is 4. The third-order valence-electron chi connectivity index (χ3n) is 6.48. The third-order valence-corrected chi connectivity index (χ3v) is 6.84. The van der Waals surface area contributed by atoms with Crippen LogP contribution in [0.3, 0.4) is 0 Å². The van der Waals surface area contributed by atoms with Gasteiger partial charge in [-0.1, -0.05) is 6.58 Å². The van der Waals surface area contributed by atoms with Gasteiger partial charge in [-0.05, 0) is 22.0 Å². The van der Waals surface area contributed by atoms with E-state index in [1.807, 2.05) is 0 Å². The van der Waals surface area contributed by atoms with Crippen molar-refractivity contribution in [1.82, 2.24) is 39.2 Å². The van der Waals surface area contributed by atoms with E-state index in [0.717, 1.165) is 0 Å². The van der Waals surface area contributed by atoms with Crippen LogP contribution in [0.4, 0.5) is 23.1 Å². The Bertz CT molecular complexity index is 1930. The van der Waals surface area contributed by atoms with Crippen molar-refractivity contribution in [1.29, 1.82) is 5.41 Å². The largest absolute Gasteiger partial charge is 0.388 e. The maximum absolute atomic E-state index is 13.1. The number of amidine groups is 1.